The summed E-state index contributed by atoms with van der Waals surface area (Å²) >= 11 is 0. The minimum absolute atomic E-state index is 0.0173. The van der Waals surface area contributed by atoms with Crippen molar-refractivity contribution in [1.82, 2.24) is 10.4 Å². The van der Waals surface area contributed by atoms with Crippen molar-refractivity contribution in [2.75, 3.05) is 19.0 Å². The fourth-order valence-electron chi connectivity index (χ4n) is 2.63. The molecule has 1 unspecified atom stereocenters. The fourth-order valence-corrected chi connectivity index (χ4v) is 2.63. The molecule has 0 saturated heterocycles. The summed E-state index contributed by atoms with van der Waals surface area (Å²) in [5.41, 5.74) is 0.146. The van der Waals surface area contributed by atoms with Gasteiger partial charge in [0.2, 0.25) is 6.41 Å². The maximum atomic E-state index is 14.2. The highest BCUT2D eigenvalue weighted by atomic mass is 19.1. The van der Waals surface area contributed by atoms with Crippen LogP contribution in [0.3, 0.4) is 0 Å². The molecule has 0 aromatic heterocycles. The molecule has 3 amide bonds. The molecule has 0 aliphatic carbocycles. The number of halogens is 1. The third-order valence-corrected chi connectivity index (χ3v) is 3.86. The van der Waals surface area contributed by atoms with Crippen molar-refractivity contribution >= 4 is 18.1 Å². The lowest BCUT2D eigenvalue weighted by Gasteiger charge is -2.33. The van der Waals surface area contributed by atoms with Crippen LogP contribution in [0.4, 0.5) is 14.9 Å². The molecule has 0 bridgehead atoms. The topological polar surface area (TPSA) is 79.9 Å². The van der Waals surface area contributed by atoms with E-state index in [4.69, 9.17) is 9.57 Å². The largest absolute Gasteiger partial charge is 0.494 e. The summed E-state index contributed by atoms with van der Waals surface area (Å²) < 4.78 is 19.1. The number of ether oxygens (including phenoxy) is 1. The van der Waals surface area contributed by atoms with Crippen LogP contribution < -0.4 is 15.4 Å². The third kappa shape index (κ3) is 6.46. The van der Waals surface area contributed by atoms with Gasteiger partial charge in [0.05, 0.1) is 18.4 Å². The lowest BCUT2D eigenvalue weighted by molar-refractivity contribution is -0.232. The Morgan fingerprint density at radius 2 is 1.86 bits per heavy atom. The summed E-state index contributed by atoms with van der Waals surface area (Å²) in [5.74, 6) is -0.647. The molecular weight excluding hydrogens is 377 g/mol. The van der Waals surface area contributed by atoms with E-state index in [1.165, 1.54) is 24.3 Å². The van der Waals surface area contributed by atoms with Crippen LogP contribution in [0.25, 0.3) is 0 Å². The molecule has 2 N–H and O–H groups in total. The second-order valence-corrected chi connectivity index (χ2v) is 7.25. The highest BCUT2D eigenvalue weighted by Gasteiger charge is 2.25. The number of nitrogens with zero attached hydrogens (tertiary/aromatic N) is 1. The summed E-state index contributed by atoms with van der Waals surface area (Å²) in [6, 6.07) is 12.4. The Bertz CT molecular complexity index is 824. The Kier molecular flexibility index (Phi) is 7.55. The second-order valence-electron chi connectivity index (χ2n) is 7.25. The summed E-state index contributed by atoms with van der Waals surface area (Å²) in [5, 5.41) is 6.27. The number of nitrogens with one attached hydrogen (secondary N) is 2. The number of anilines is 1. The maximum absolute atomic E-state index is 14.2. The Labute approximate surface area is 169 Å². The number of carbonyl (C=O) groups excluding carboxylic acids is 2. The zero-order valence-electron chi connectivity index (χ0n) is 16.9. The van der Waals surface area contributed by atoms with E-state index < -0.39 is 23.5 Å². The van der Waals surface area contributed by atoms with Gasteiger partial charge in [-0.2, -0.15) is 0 Å². The molecule has 8 heteroatoms. The molecule has 2 rings (SSSR count). The Morgan fingerprint density at radius 3 is 2.45 bits per heavy atom. The van der Waals surface area contributed by atoms with Crippen molar-refractivity contribution in [2.45, 2.75) is 32.4 Å². The predicted molar refractivity (Wildman–Crippen MR) is 108 cm³/mol. The average Bonchev–Trinajstić information content (AvgIpc) is 2.68. The summed E-state index contributed by atoms with van der Waals surface area (Å²) in [6.45, 7) is 5.50. The number of hydrogen-bond donors (Lipinski definition) is 2. The van der Waals surface area contributed by atoms with Crippen LogP contribution >= 0.6 is 0 Å². The number of hydrogen-bond acceptors (Lipinski definition) is 4. The zero-order chi connectivity index (χ0) is 21.4. The quantitative estimate of drug-likeness (QED) is 0.518. The molecule has 2 aromatic rings. The highest BCUT2D eigenvalue weighted by Crippen LogP contribution is 2.25. The van der Waals surface area contributed by atoms with E-state index in [0.717, 1.165) is 5.56 Å². The summed E-state index contributed by atoms with van der Waals surface area (Å²) in [4.78, 5) is 29.7. The standard InChI is InChI=1S/C21H26FN3O4/c1-21(2,3)29-25(14-26)17(15-9-6-5-7-10-15)13-23-20(27)24-16-11-8-12-18(28-4)19(16)22/h5-12,14,17H,13H2,1-4H3,(H2,23,24,27). The van der Waals surface area contributed by atoms with E-state index in [9.17, 15) is 14.0 Å². The van der Waals surface area contributed by atoms with Gasteiger partial charge >= 0.3 is 6.03 Å². The molecule has 2 aromatic carbocycles. The number of benzene rings is 2. The molecule has 156 valence electrons. The van der Waals surface area contributed by atoms with Gasteiger partial charge in [0.15, 0.2) is 11.6 Å². The first-order chi connectivity index (χ1) is 13.7. The number of hydroxylamine groups is 2. The first-order valence-electron chi connectivity index (χ1n) is 9.10. The molecule has 0 heterocycles. The second kappa shape index (κ2) is 9.88. The number of carbonyl (C=O) groups is 2. The molecule has 1 atom stereocenters. The first-order valence-corrected chi connectivity index (χ1v) is 9.10. The molecule has 7 nitrogen and oxygen atoms in total. The first kappa shape index (κ1) is 22.2. The van der Waals surface area contributed by atoms with Gasteiger partial charge < -0.3 is 15.4 Å². The van der Waals surface area contributed by atoms with Crippen molar-refractivity contribution in [3.63, 3.8) is 0 Å². The van der Waals surface area contributed by atoms with Crippen LogP contribution in [0.2, 0.25) is 0 Å². The minimum Gasteiger partial charge on any atom is -0.494 e. The van der Waals surface area contributed by atoms with Gasteiger partial charge in [-0.05, 0) is 38.5 Å². The van der Waals surface area contributed by atoms with Crippen LogP contribution in [0.15, 0.2) is 48.5 Å². The van der Waals surface area contributed by atoms with E-state index in [0.29, 0.717) is 6.41 Å². The monoisotopic (exact) mass is 403 g/mol. The van der Waals surface area contributed by atoms with Crippen molar-refractivity contribution in [3.8, 4) is 5.75 Å². The summed E-state index contributed by atoms with van der Waals surface area (Å²) in [7, 11) is 1.34. The van der Waals surface area contributed by atoms with Crippen molar-refractivity contribution < 1.29 is 23.6 Å². The smallest absolute Gasteiger partial charge is 0.319 e. The Morgan fingerprint density at radius 1 is 1.17 bits per heavy atom. The average molecular weight is 403 g/mol. The van der Waals surface area contributed by atoms with Crippen LogP contribution in [0.5, 0.6) is 5.75 Å². The molecule has 0 radical (unpaired) electrons. The van der Waals surface area contributed by atoms with Gasteiger partial charge in [-0.15, -0.1) is 0 Å². The van der Waals surface area contributed by atoms with Crippen LogP contribution in [-0.4, -0.2) is 36.8 Å². The minimum atomic E-state index is -0.671. The SMILES string of the molecule is COc1cccc(NC(=O)NCC(c2ccccc2)N(C=O)OC(C)(C)C)c1F. The summed E-state index contributed by atoms with van der Waals surface area (Å²) in [6.07, 6.45) is 0.574. The molecule has 0 fully saturated rings. The lowest BCUT2D eigenvalue weighted by atomic mass is 10.1. The van der Waals surface area contributed by atoms with Gasteiger partial charge in [0.1, 0.15) is 6.04 Å². The van der Waals surface area contributed by atoms with Gasteiger partial charge in [0, 0.05) is 6.54 Å². The molecule has 0 aliphatic rings. The lowest BCUT2D eigenvalue weighted by Crippen LogP contribution is -2.42. The molecule has 0 saturated carbocycles. The fraction of sp³-hybridized carbons (Fsp3) is 0.333. The Hall–Kier alpha value is -3.13. The number of urea groups is 1. The van der Waals surface area contributed by atoms with Crippen LogP contribution in [-0.2, 0) is 9.63 Å². The van der Waals surface area contributed by atoms with Gasteiger partial charge in [-0.1, -0.05) is 36.4 Å². The van der Waals surface area contributed by atoms with E-state index >= 15 is 0 Å². The van der Waals surface area contributed by atoms with Gasteiger partial charge in [0.25, 0.3) is 0 Å². The molecule has 0 spiro atoms. The molecule has 29 heavy (non-hydrogen) atoms. The third-order valence-electron chi connectivity index (χ3n) is 3.86. The zero-order valence-corrected chi connectivity index (χ0v) is 16.9. The normalized spacial score (nSPS) is 12.0. The highest BCUT2D eigenvalue weighted by molar-refractivity contribution is 5.89. The number of rotatable bonds is 8. The van der Waals surface area contributed by atoms with Crippen LogP contribution in [0, 0.1) is 5.82 Å². The van der Waals surface area contributed by atoms with Crippen LogP contribution in [0.1, 0.15) is 32.4 Å². The van der Waals surface area contributed by atoms with E-state index in [1.807, 2.05) is 51.1 Å². The Balaban J connectivity index is 2.13. The van der Waals surface area contributed by atoms with Gasteiger partial charge in [-0.25, -0.2) is 14.2 Å². The predicted octanol–water partition coefficient (Wildman–Crippen LogP) is 3.89. The molecule has 0 aliphatic heterocycles. The maximum Gasteiger partial charge on any atom is 0.319 e. The van der Waals surface area contributed by atoms with Crippen molar-refractivity contribution in [1.29, 1.82) is 0 Å². The molecular formula is C21H26FN3O4. The van der Waals surface area contributed by atoms with Crippen molar-refractivity contribution in [2.24, 2.45) is 0 Å². The van der Waals surface area contributed by atoms with E-state index in [-0.39, 0.29) is 18.0 Å². The number of amides is 3. The number of methoxy groups -OCH3 is 1. The van der Waals surface area contributed by atoms with E-state index in [1.54, 1.807) is 6.07 Å². The van der Waals surface area contributed by atoms with Crippen molar-refractivity contribution in [3.05, 3.63) is 59.9 Å². The van der Waals surface area contributed by atoms with E-state index in [2.05, 4.69) is 10.6 Å². The van der Waals surface area contributed by atoms with Gasteiger partial charge in [-0.3, -0.25) is 9.63 Å².